The minimum Gasteiger partial charge on any atom is -0.489 e. The number of rotatable bonds is 9. The van der Waals surface area contributed by atoms with Gasteiger partial charge in [0.2, 0.25) is 11.8 Å². The van der Waals surface area contributed by atoms with Crippen LogP contribution in [0.3, 0.4) is 0 Å². The Labute approximate surface area is 230 Å². The predicted molar refractivity (Wildman–Crippen MR) is 147 cm³/mol. The second-order valence-corrected chi connectivity index (χ2v) is 10.2. The van der Waals surface area contributed by atoms with E-state index in [2.05, 4.69) is 5.32 Å². The lowest BCUT2D eigenvalue weighted by atomic mass is 9.97. The van der Waals surface area contributed by atoms with Gasteiger partial charge in [-0.2, -0.15) is 0 Å². The lowest BCUT2D eigenvalue weighted by Gasteiger charge is -2.29. The molecule has 0 unspecified atom stereocenters. The highest BCUT2D eigenvalue weighted by atomic mass is 16.5. The molecule has 2 aromatic carbocycles. The monoisotopic (exact) mass is 534 g/mol. The number of cyclic esters (lactones) is 1. The molecule has 0 spiro atoms. The van der Waals surface area contributed by atoms with Gasteiger partial charge in [0.1, 0.15) is 19.0 Å². The van der Waals surface area contributed by atoms with E-state index in [0.29, 0.717) is 38.8 Å². The maximum atomic E-state index is 13.4. The molecular formula is C31H38N2O6. The SMILES string of the molecule is O=C(C[C@H]1CC=CCCC(=O)OC[C@@H]2CCCN2C1=O)N[C@H](CO)Cc1ccc(OCc2ccccc2)cc1. The van der Waals surface area contributed by atoms with Gasteiger partial charge in [0, 0.05) is 19.4 Å². The molecule has 2 N–H and O–H groups in total. The van der Waals surface area contributed by atoms with Crippen LogP contribution < -0.4 is 10.1 Å². The molecule has 0 aromatic heterocycles. The molecule has 0 bridgehead atoms. The molecular weight excluding hydrogens is 496 g/mol. The number of allylic oxidation sites excluding steroid dienone is 2. The Morgan fingerprint density at radius 2 is 1.87 bits per heavy atom. The van der Waals surface area contributed by atoms with E-state index in [-0.39, 0.29) is 43.5 Å². The number of hydrogen-bond donors (Lipinski definition) is 2. The summed E-state index contributed by atoms with van der Waals surface area (Å²) in [5.41, 5.74) is 2.05. The largest absolute Gasteiger partial charge is 0.489 e. The van der Waals surface area contributed by atoms with Gasteiger partial charge >= 0.3 is 5.97 Å². The Bertz CT molecular complexity index is 1120. The summed E-state index contributed by atoms with van der Waals surface area (Å²) >= 11 is 0. The van der Waals surface area contributed by atoms with Crippen molar-refractivity contribution < 1.29 is 29.0 Å². The number of aliphatic hydroxyl groups is 1. The molecule has 0 aliphatic carbocycles. The molecule has 2 amide bonds. The second kappa shape index (κ2) is 14.5. The molecule has 2 aliphatic heterocycles. The summed E-state index contributed by atoms with van der Waals surface area (Å²) < 4.78 is 11.2. The molecule has 1 fully saturated rings. The van der Waals surface area contributed by atoms with Gasteiger partial charge < -0.3 is 24.8 Å². The smallest absolute Gasteiger partial charge is 0.306 e. The van der Waals surface area contributed by atoms with E-state index in [1.54, 1.807) is 4.90 Å². The maximum Gasteiger partial charge on any atom is 0.306 e. The summed E-state index contributed by atoms with van der Waals surface area (Å²) in [4.78, 5) is 40.1. The summed E-state index contributed by atoms with van der Waals surface area (Å²) in [5.74, 6) is -0.355. The van der Waals surface area contributed by atoms with Crippen molar-refractivity contribution in [2.45, 2.75) is 63.6 Å². The topological polar surface area (TPSA) is 105 Å². The van der Waals surface area contributed by atoms with Crippen LogP contribution in [0.5, 0.6) is 5.75 Å². The van der Waals surface area contributed by atoms with Gasteiger partial charge in [-0.1, -0.05) is 54.6 Å². The zero-order valence-corrected chi connectivity index (χ0v) is 22.3. The number of ether oxygens (including phenoxy) is 2. The number of fused-ring (bicyclic) bond motifs is 1. The van der Waals surface area contributed by atoms with Gasteiger partial charge in [-0.3, -0.25) is 14.4 Å². The summed E-state index contributed by atoms with van der Waals surface area (Å²) in [5, 5.41) is 12.9. The fraction of sp³-hybridized carbons (Fsp3) is 0.452. The molecule has 8 nitrogen and oxygen atoms in total. The maximum absolute atomic E-state index is 13.4. The quantitative estimate of drug-likeness (QED) is 0.377. The van der Waals surface area contributed by atoms with Crippen molar-refractivity contribution in [2.75, 3.05) is 19.8 Å². The van der Waals surface area contributed by atoms with Crippen LogP contribution in [0, 0.1) is 5.92 Å². The highest BCUT2D eigenvalue weighted by molar-refractivity contribution is 5.86. The number of amides is 2. The van der Waals surface area contributed by atoms with E-state index in [9.17, 15) is 19.5 Å². The third-order valence-electron chi connectivity index (χ3n) is 7.22. The zero-order chi connectivity index (χ0) is 27.5. The highest BCUT2D eigenvalue weighted by Gasteiger charge is 2.34. The Kier molecular flexibility index (Phi) is 10.5. The normalized spacial score (nSPS) is 20.8. The summed E-state index contributed by atoms with van der Waals surface area (Å²) in [6.07, 6.45) is 7.16. The van der Waals surface area contributed by atoms with Gasteiger partial charge in [0.05, 0.1) is 24.6 Å². The van der Waals surface area contributed by atoms with Crippen molar-refractivity contribution >= 4 is 17.8 Å². The number of nitrogens with zero attached hydrogens (tertiary/aromatic N) is 1. The zero-order valence-electron chi connectivity index (χ0n) is 22.3. The molecule has 3 atom stereocenters. The third kappa shape index (κ3) is 8.68. The molecule has 0 saturated carbocycles. The minimum absolute atomic E-state index is 0.0367. The Morgan fingerprint density at radius 3 is 2.64 bits per heavy atom. The highest BCUT2D eigenvalue weighted by Crippen LogP contribution is 2.24. The number of aliphatic hydroxyl groups excluding tert-OH is 1. The average Bonchev–Trinajstić information content (AvgIpc) is 3.43. The molecule has 2 aliphatic rings. The molecule has 0 radical (unpaired) electrons. The number of hydrogen-bond acceptors (Lipinski definition) is 6. The van der Waals surface area contributed by atoms with Gasteiger partial charge in [-0.05, 0) is 55.4 Å². The number of esters is 1. The van der Waals surface area contributed by atoms with Crippen LogP contribution in [-0.2, 0) is 32.1 Å². The van der Waals surface area contributed by atoms with Gasteiger partial charge in [0.25, 0.3) is 0 Å². The van der Waals surface area contributed by atoms with Crippen LogP contribution in [0.4, 0.5) is 0 Å². The number of carbonyl (C=O) groups excluding carboxylic acids is 3. The van der Waals surface area contributed by atoms with Crippen LogP contribution >= 0.6 is 0 Å². The van der Waals surface area contributed by atoms with Crippen molar-refractivity contribution in [1.82, 2.24) is 10.2 Å². The molecule has 1 saturated heterocycles. The molecule has 2 aromatic rings. The van der Waals surface area contributed by atoms with E-state index >= 15 is 0 Å². The van der Waals surface area contributed by atoms with E-state index in [0.717, 1.165) is 29.7 Å². The Hall–Kier alpha value is -3.65. The van der Waals surface area contributed by atoms with Crippen LogP contribution in [-0.4, -0.2) is 59.6 Å². The number of benzene rings is 2. The first-order chi connectivity index (χ1) is 19.0. The van der Waals surface area contributed by atoms with Crippen LogP contribution in [0.1, 0.15) is 49.7 Å². The van der Waals surface area contributed by atoms with Crippen molar-refractivity contribution in [3.8, 4) is 5.75 Å². The van der Waals surface area contributed by atoms with Crippen LogP contribution in [0.25, 0.3) is 0 Å². The third-order valence-corrected chi connectivity index (χ3v) is 7.22. The van der Waals surface area contributed by atoms with Gasteiger partial charge in [-0.15, -0.1) is 0 Å². The molecule has 8 heteroatoms. The predicted octanol–water partition coefficient (Wildman–Crippen LogP) is 3.57. The Morgan fingerprint density at radius 1 is 1.08 bits per heavy atom. The van der Waals surface area contributed by atoms with E-state index < -0.39 is 12.0 Å². The molecule has 39 heavy (non-hydrogen) atoms. The first kappa shape index (κ1) is 28.4. The summed E-state index contributed by atoms with van der Waals surface area (Å²) in [6.45, 7) is 1.08. The Balaban J connectivity index is 1.32. The fourth-order valence-electron chi connectivity index (χ4n) is 5.06. The van der Waals surface area contributed by atoms with Crippen molar-refractivity contribution in [3.05, 3.63) is 77.9 Å². The average molecular weight is 535 g/mol. The standard InChI is InChI=1S/C31H38N2O6/c34-20-26(18-23-13-15-28(16-14-23)38-21-24-8-3-1-4-9-24)32-29(35)19-25-10-5-2-6-12-30(36)39-22-27-11-7-17-33(27)31(25)37/h1-5,8-9,13-16,25-27,34H,6-7,10-12,17-22H2,(H,32,35)/t25-,26+,27+/m1/s1. The van der Waals surface area contributed by atoms with Gasteiger partial charge in [0.15, 0.2) is 0 Å². The van der Waals surface area contributed by atoms with E-state index in [4.69, 9.17) is 9.47 Å². The van der Waals surface area contributed by atoms with Crippen molar-refractivity contribution in [1.29, 1.82) is 0 Å². The molecule has 4 rings (SSSR count). The van der Waals surface area contributed by atoms with Gasteiger partial charge in [-0.25, -0.2) is 0 Å². The van der Waals surface area contributed by atoms with Crippen molar-refractivity contribution in [3.63, 3.8) is 0 Å². The lowest BCUT2D eigenvalue weighted by molar-refractivity contribution is -0.148. The minimum atomic E-state index is -0.502. The number of carbonyl (C=O) groups is 3. The molecule has 2 heterocycles. The lowest BCUT2D eigenvalue weighted by Crippen LogP contribution is -2.45. The number of nitrogens with one attached hydrogen (secondary N) is 1. The second-order valence-electron chi connectivity index (χ2n) is 10.2. The van der Waals surface area contributed by atoms with Crippen LogP contribution in [0.2, 0.25) is 0 Å². The fourth-order valence-corrected chi connectivity index (χ4v) is 5.06. The summed E-state index contributed by atoms with van der Waals surface area (Å²) in [7, 11) is 0. The van der Waals surface area contributed by atoms with Crippen LogP contribution in [0.15, 0.2) is 66.7 Å². The molecule has 208 valence electrons. The van der Waals surface area contributed by atoms with E-state index in [1.807, 2.05) is 66.7 Å². The summed E-state index contributed by atoms with van der Waals surface area (Å²) in [6, 6.07) is 16.9. The van der Waals surface area contributed by atoms with E-state index in [1.165, 1.54) is 0 Å². The first-order valence-electron chi connectivity index (χ1n) is 13.8. The first-order valence-corrected chi connectivity index (χ1v) is 13.8. The van der Waals surface area contributed by atoms with Crippen molar-refractivity contribution in [2.24, 2.45) is 5.92 Å².